The Morgan fingerprint density at radius 1 is 1.19 bits per heavy atom. The molecule has 0 spiro atoms. The van der Waals surface area contributed by atoms with Gasteiger partial charge in [-0.2, -0.15) is 0 Å². The molecule has 94 valence electrons. The van der Waals surface area contributed by atoms with E-state index in [-0.39, 0.29) is 0 Å². The summed E-state index contributed by atoms with van der Waals surface area (Å²) in [5, 5.41) is 3.87. The zero-order valence-corrected chi connectivity index (χ0v) is 11.0. The van der Waals surface area contributed by atoms with Crippen LogP contribution >= 0.6 is 0 Å². The van der Waals surface area contributed by atoms with Crippen molar-refractivity contribution in [2.45, 2.75) is 58.0 Å². The van der Waals surface area contributed by atoms with Crippen LogP contribution in [0.15, 0.2) is 0 Å². The molecular formula is C14H27NO. The molecule has 0 aliphatic heterocycles. The first-order valence-corrected chi connectivity index (χ1v) is 6.97. The highest BCUT2D eigenvalue weighted by molar-refractivity contribution is 4.91. The van der Waals surface area contributed by atoms with Crippen molar-refractivity contribution in [3.8, 4) is 0 Å². The van der Waals surface area contributed by atoms with Gasteiger partial charge in [0, 0.05) is 19.2 Å². The smallest absolute Gasteiger partial charge is 0.0618 e. The Morgan fingerprint density at radius 3 is 2.56 bits per heavy atom. The molecule has 0 heterocycles. The van der Waals surface area contributed by atoms with Crippen LogP contribution in [0.3, 0.4) is 0 Å². The van der Waals surface area contributed by atoms with Crippen LogP contribution in [0.5, 0.6) is 0 Å². The molecule has 2 saturated carbocycles. The van der Waals surface area contributed by atoms with Crippen molar-refractivity contribution in [3.05, 3.63) is 0 Å². The molecule has 0 radical (unpaired) electrons. The fourth-order valence-electron chi connectivity index (χ4n) is 3.09. The summed E-state index contributed by atoms with van der Waals surface area (Å²) in [6.07, 6.45) is 6.97. The second kappa shape index (κ2) is 5.50. The molecular weight excluding hydrogens is 198 g/mol. The molecule has 1 N–H and O–H groups in total. The Balaban J connectivity index is 1.85. The molecule has 0 saturated heterocycles. The fraction of sp³-hybridized carbons (Fsp3) is 1.00. The third kappa shape index (κ3) is 2.98. The molecule has 2 fully saturated rings. The SMILES string of the molecule is COCC(NC1CCCC(C)C1C)C1CC1. The van der Waals surface area contributed by atoms with Gasteiger partial charge in [0.15, 0.2) is 0 Å². The molecule has 4 unspecified atom stereocenters. The van der Waals surface area contributed by atoms with E-state index in [1.54, 1.807) is 0 Å². The maximum absolute atomic E-state index is 5.35. The minimum atomic E-state index is 0.614. The Labute approximate surface area is 100 Å². The van der Waals surface area contributed by atoms with Crippen LogP contribution in [0.2, 0.25) is 0 Å². The van der Waals surface area contributed by atoms with Gasteiger partial charge in [-0.3, -0.25) is 0 Å². The zero-order chi connectivity index (χ0) is 11.5. The summed E-state index contributed by atoms with van der Waals surface area (Å²) >= 11 is 0. The van der Waals surface area contributed by atoms with E-state index in [0.29, 0.717) is 6.04 Å². The maximum atomic E-state index is 5.35. The molecule has 0 aromatic carbocycles. The average molecular weight is 225 g/mol. The van der Waals surface area contributed by atoms with Crippen LogP contribution in [0, 0.1) is 17.8 Å². The van der Waals surface area contributed by atoms with Gasteiger partial charge in [-0.15, -0.1) is 0 Å². The predicted octanol–water partition coefficient (Wildman–Crippen LogP) is 2.83. The Kier molecular flexibility index (Phi) is 4.26. The highest BCUT2D eigenvalue weighted by Crippen LogP contribution is 2.35. The highest BCUT2D eigenvalue weighted by Gasteiger charge is 2.35. The van der Waals surface area contributed by atoms with Gasteiger partial charge >= 0.3 is 0 Å². The van der Waals surface area contributed by atoms with Crippen molar-refractivity contribution in [1.82, 2.24) is 5.32 Å². The molecule has 0 amide bonds. The van der Waals surface area contributed by atoms with Crippen LogP contribution in [0.1, 0.15) is 46.0 Å². The summed E-state index contributed by atoms with van der Waals surface area (Å²) in [6, 6.07) is 1.34. The Morgan fingerprint density at radius 2 is 1.94 bits per heavy atom. The van der Waals surface area contributed by atoms with Crippen LogP contribution in [0.25, 0.3) is 0 Å². The third-order valence-electron chi connectivity index (χ3n) is 4.67. The predicted molar refractivity (Wildman–Crippen MR) is 67.5 cm³/mol. The second-order valence-corrected chi connectivity index (χ2v) is 5.94. The summed E-state index contributed by atoms with van der Waals surface area (Å²) in [4.78, 5) is 0. The summed E-state index contributed by atoms with van der Waals surface area (Å²) in [6.45, 7) is 5.71. The average Bonchev–Trinajstić information content (AvgIpc) is 3.07. The van der Waals surface area contributed by atoms with Gasteiger partial charge in [-0.05, 0) is 37.0 Å². The van der Waals surface area contributed by atoms with Crippen molar-refractivity contribution in [1.29, 1.82) is 0 Å². The largest absolute Gasteiger partial charge is 0.383 e. The van der Waals surface area contributed by atoms with Gasteiger partial charge in [0.05, 0.1) is 6.61 Å². The van der Waals surface area contributed by atoms with Gasteiger partial charge in [0.25, 0.3) is 0 Å². The van der Waals surface area contributed by atoms with Crippen molar-refractivity contribution < 1.29 is 4.74 Å². The quantitative estimate of drug-likeness (QED) is 0.777. The molecule has 0 aromatic rings. The van der Waals surface area contributed by atoms with Gasteiger partial charge in [-0.25, -0.2) is 0 Å². The van der Waals surface area contributed by atoms with E-state index in [4.69, 9.17) is 4.74 Å². The molecule has 2 aliphatic rings. The molecule has 2 rings (SSSR count). The summed E-state index contributed by atoms with van der Waals surface area (Å²) in [5.41, 5.74) is 0. The first-order chi connectivity index (χ1) is 7.72. The lowest BCUT2D eigenvalue weighted by molar-refractivity contribution is 0.125. The molecule has 2 heteroatoms. The summed E-state index contributed by atoms with van der Waals surface area (Å²) in [7, 11) is 1.82. The van der Waals surface area contributed by atoms with E-state index in [2.05, 4.69) is 19.2 Å². The molecule has 2 aliphatic carbocycles. The van der Waals surface area contributed by atoms with Gasteiger partial charge in [-0.1, -0.05) is 26.7 Å². The van der Waals surface area contributed by atoms with Crippen molar-refractivity contribution in [3.63, 3.8) is 0 Å². The molecule has 2 nitrogen and oxygen atoms in total. The highest BCUT2D eigenvalue weighted by atomic mass is 16.5. The lowest BCUT2D eigenvalue weighted by Crippen LogP contribution is -2.48. The van der Waals surface area contributed by atoms with E-state index in [1.165, 1.54) is 32.1 Å². The lowest BCUT2D eigenvalue weighted by Gasteiger charge is -2.37. The van der Waals surface area contributed by atoms with Gasteiger partial charge in [0.1, 0.15) is 0 Å². The lowest BCUT2D eigenvalue weighted by atomic mass is 9.77. The van der Waals surface area contributed by atoms with Crippen LogP contribution in [-0.4, -0.2) is 25.8 Å². The topological polar surface area (TPSA) is 21.3 Å². The number of rotatable bonds is 5. The van der Waals surface area contributed by atoms with Crippen LogP contribution in [-0.2, 0) is 4.74 Å². The van der Waals surface area contributed by atoms with Gasteiger partial charge < -0.3 is 10.1 Å². The van der Waals surface area contributed by atoms with E-state index in [1.807, 2.05) is 7.11 Å². The molecule has 16 heavy (non-hydrogen) atoms. The van der Waals surface area contributed by atoms with Crippen molar-refractivity contribution in [2.75, 3.05) is 13.7 Å². The van der Waals surface area contributed by atoms with Crippen LogP contribution < -0.4 is 5.32 Å². The Hall–Kier alpha value is -0.0800. The summed E-state index contributed by atoms with van der Waals surface area (Å²) in [5.74, 6) is 2.60. The number of hydrogen-bond donors (Lipinski definition) is 1. The van der Waals surface area contributed by atoms with E-state index >= 15 is 0 Å². The molecule has 0 bridgehead atoms. The van der Waals surface area contributed by atoms with Gasteiger partial charge in [0.2, 0.25) is 0 Å². The molecule has 0 aromatic heterocycles. The van der Waals surface area contributed by atoms with Crippen LogP contribution in [0.4, 0.5) is 0 Å². The van der Waals surface area contributed by atoms with E-state index in [0.717, 1.165) is 30.4 Å². The number of nitrogens with one attached hydrogen (secondary N) is 1. The molecule has 4 atom stereocenters. The van der Waals surface area contributed by atoms with Crippen molar-refractivity contribution >= 4 is 0 Å². The maximum Gasteiger partial charge on any atom is 0.0618 e. The Bertz CT molecular complexity index is 215. The first-order valence-electron chi connectivity index (χ1n) is 6.97. The minimum Gasteiger partial charge on any atom is -0.383 e. The number of ether oxygens (including phenoxy) is 1. The standard InChI is InChI=1S/C14H27NO/c1-10-5-4-6-13(11(10)2)15-14(9-16-3)12-7-8-12/h10-15H,4-9H2,1-3H3. The minimum absolute atomic E-state index is 0.614. The normalized spacial score (nSPS) is 37.3. The first kappa shape index (κ1) is 12.4. The monoisotopic (exact) mass is 225 g/mol. The van der Waals surface area contributed by atoms with Crippen molar-refractivity contribution in [2.24, 2.45) is 17.8 Å². The fourth-order valence-corrected chi connectivity index (χ4v) is 3.09. The van der Waals surface area contributed by atoms with E-state index in [9.17, 15) is 0 Å². The zero-order valence-electron chi connectivity index (χ0n) is 11.0. The third-order valence-corrected chi connectivity index (χ3v) is 4.67. The second-order valence-electron chi connectivity index (χ2n) is 5.94. The number of methoxy groups -OCH3 is 1. The number of hydrogen-bond acceptors (Lipinski definition) is 2. The van der Waals surface area contributed by atoms with E-state index < -0.39 is 0 Å². The summed E-state index contributed by atoms with van der Waals surface area (Å²) < 4.78 is 5.35.